The van der Waals surface area contributed by atoms with Gasteiger partial charge in [-0.1, -0.05) is 35.9 Å². The minimum absolute atomic E-state index is 0.0277. The Labute approximate surface area is 159 Å². The van der Waals surface area contributed by atoms with Crippen molar-refractivity contribution in [2.24, 2.45) is 0 Å². The van der Waals surface area contributed by atoms with Gasteiger partial charge in [-0.05, 0) is 56.2 Å². The second-order valence-electron chi connectivity index (χ2n) is 5.82. The molecule has 2 rings (SSSR count). The molecule has 0 heterocycles. The molecule has 0 saturated heterocycles. The fraction of sp³-hybridized carbons (Fsp3) is 0.238. The predicted octanol–water partition coefficient (Wildman–Crippen LogP) is 5.04. The summed E-state index contributed by atoms with van der Waals surface area (Å²) in [4.78, 5) is 14.7. The molecule has 5 heteroatoms. The smallest absolute Gasteiger partial charge is 0.266 e. The van der Waals surface area contributed by atoms with Gasteiger partial charge < -0.3 is 10.2 Å². The molecule has 0 bridgehead atoms. The van der Waals surface area contributed by atoms with Crippen molar-refractivity contribution in [1.29, 1.82) is 5.26 Å². The Kier molecular flexibility index (Phi) is 6.82. The molecule has 0 unspecified atom stereocenters. The Bertz CT molecular complexity index is 826. The Morgan fingerprint density at radius 3 is 2.38 bits per heavy atom. The Hall–Kier alpha value is -2.77. The summed E-state index contributed by atoms with van der Waals surface area (Å²) in [6.45, 7) is 7.91. The molecule has 0 aromatic heterocycles. The molecule has 0 atom stereocenters. The van der Waals surface area contributed by atoms with Crippen molar-refractivity contribution in [1.82, 2.24) is 0 Å². The van der Waals surface area contributed by atoms with E-state index in [4.69, 9.17) is 11.6 Å². The van der Waals surface area contributed by atoms with Gasteiger partial charge in [-0.25, -0.2) is 0 Å². The number of carbonyl (C=O) groups is 1. The summed E-state index contributed by atoms with van der Waals surface area (Å²) in [6.07, 6.45) is 1.58. The van der Waals surface area contributed by atoms with E-state index in [0.717, 1.165) is 29.9 Å². The minimum atomic E-state index is -0.475. The number of hydrogen-bond donors (Lipinski definition) is 1. The summed E-state index contributed by atoms with van der Waals surface area (Å²) in [6, 6.07) is 15.1. The molecular weight excluding hydrogens is 346 g/mol. The number of rotatable bonds is 6. The van der Waals surface area contributed by atoms with E-state index in [1.54, 1.807) is 12.1 Å². The van der Waals surface area contributed by atoms with Crippen LogP contribution in [0.5, 0.6) is 0 Å². The van der Waals surface area contributed by atoms with E-state index in [1.807, 2.05) is 49.4 Å². The zero-order valence-electron chi connectivity index (χ0n) is 15.2. The standard InChI is InChI=1S/C21H22ClN3O/c1-4-25(5-2)18-11-9-16(10-12-18)13-17(14-23)21(26)24-20-15(3)7-6-8-19(20)22/h6-13H,4-5H2,1-3H3,(H,24,26)/b17-13+. The number of carbonyl (C=O) groups excluding carboxylic acids is 1. The maximum Gasteiger partial charge on any atom is 0.266 e. The third-order valence-corrected chi connectivity index (χ3v) is 4.47. The molecule has 0 aliphatic rings. The molecule has 0 fully saturated rings. The highest BCUT2D eigenvalue weighted by Crippen LogP contribution is 2.26. The minimum Gasteiger partial charge on any atom is -0.372 e. The summed E-state index contributed by atoms with van der Waals surface area (Å²) in [7, 11) is 0. The van der Waals surface area contributed by atoms with Crippen LogP contribution in [-0.2, 0) is 4.79 Å². The Morgan fingerprint density at radius 2 is 1.85 bits per heavy atom. The van der Waals surface area contributed by atoms with Crippen molar-refractivity contribution >= 4 is 35.0 Å². The van der Waals surface area contributed by atoms with E-state index in [9.17, 15) is 10.1 Å². The largest absolute Gasteiger partial charge is 0.372 e. The van der Waals surface area contributed by atoms with E-state index >= 15 is 0 Å². The average molecular weight is 368 g/mol. The highest BCUT2D eigenvalue weighted by Gasteiger charge is 2.13. The quantitative estimate of drug-likeness (QED) is 0.574. The number of nitrogens with zero attached hydrogens (tertiary/aromatic N) is 2. The first-order valence-electron chi connectivity index (χ1n) is 8.53. The number of para-hydroxylation sites is 1. The molecule has 0 radical (unpaired) electrons. The van der Waals surface area contributed by atoms with E-state index in [0.29, 0.717) is 10.7 Å². The maximum atomic E-state index is 12.5. The molecule has 26 heavy (non-hydrogen) atoms. The highest BCUT2D eigenvalue weighted by molar-refractivity contribution is 6.34. The van der Waals surface area contributed by atoms with Gasteiger partial charge in [0.2, 0.25) is 0 Å². The number of halogens is 1. The van der Waals surface area contributed by atoms with Crippen LogP contribution >= 0.6 is 11.6 Å². The normalized spacial score (nSPS) is 11.0. The lowest BCUT2D eigenvalue weighted by molar-refractivity contribution is -0.112. The summed E-state index contributed by atoms with van der Waals surface area (Å²) >= 11 is 6.13. The van der Waals surface area contributed by atoms with Crippen LogP contribution in [0.25, 0.3) is 6.08 Å². The maximum absolute atomic E-state index is 12.5. The molecule has 0 aliphatic heterocycles. The summed E-state index contributed by atoms with van der Waals surface area (Å²) in [5.74, 6) is -0.475. The van der Waals surface area contributed by atoms with Gasteiger partial charge in [0.15, 0.2) is 0 Å². The lowest BCUT2D eigenvalue weighted by atomic mass is 10.1. The van der Waals surface area contributed by atoms with Crippen LogP contribution in [0.3, 0.4) is 0 Å². The molecule has 0 spiro atoms. The first kappa shape index (κ1) is 19.6. The predicted molar refractivity (Wildman–Crippen MR) is 108 cm³/mol. The molecule has 1 amide bonds. The van der Waals surface area contributed by atoms with E-state index < -0.39 is 5.91 Å². The molecule has 2 aromatic rings. The summed E-state index contributed by atoms with van der Waals surface area (Å²) in [5.41, 5.74) is 3.30. The molecule has 0 saturated carbocycles. The van der Waals surface area contributed by atoms with Crippen LogP contribution in [0.4, 0.5) is 11.4 Å². The first-order chi connectivity index (χ1) is 12.5. The van der Waals surface area contributed by atoms with Gasteiger partial charge in [-0.2, -0.15) is 5.26 Å². The molecule has 0 aliphatic carbocycles. The summed E-state index contributed by atoms with van der Waals surface area (Å²) < 4.78 is 0. The second-order valence-corrected chi connectivity index (χ2v) is 6.23. The third kappa shape index (κ3) is 4.65. The monoisotopic (exact) mass is 367 g/mol. The van der Waals surface area contributed by atoms with Gasteiger partial charge >= 0.3 is 0 Å². The average Bonchev–Trinajstić information content (AvgIpc) is 2.65. The van der Waals surface area contributed by atoms with Gasteiger partial charge in [0.1, 0.15) is 11.6 Å². The van der Waals surface area contributed by atoms with Crippen LogP contribution in [0, 0.1) is 18.3 Å². The first-order valence-corrected chi connectivity index (χ1v) is 8.91. The van der Waals surface area contributed by atoms with Gasteiger partial charge in [0.25, 0.3) is 5.91 Å². The van der Waals surface area contributed by atoms with Gasteiger partial charge in [0, 0.05) is 18.8 Å². The number of hydrogen-bond acceptors (Lipinski definition) is 3. The van der Waals surface area contributed by atoms with Crippen LogP contribution in [0.1, 0.15) is 25.0 Å². The molecule has 4 nitrogen and oxygen atoms in total. The van der Waals surface area contributed by atoms with Crippen molar-refractivity contribution < 1.29 is 4.79 Å². The number of aryl methyl sites for hydroxylation is 1. The van der Waals surface area contributed by atoms with Crippen molar-refractivity contribution in [3.05, 3.63) is 64.2 Å². The van der Waals surface area contributed by atoms with E-state index in [-0.39, 0.29) is 5.57 Å². The van der Waals surface area contributed by atoms with Crippen LogP contribution in [0.2, 0.25) is 5.02 Å². The topological polar surface area (TPSA) is 56.1 Å². The lowest BCUT2D eigenvalue weighted by Crippen LogP contribution is -2.21. The van der Waals surface area contributed by atoms with Crippen LogP contribution in [-0.4, -0.2) is 19.0 Å². The van der Waals surface area contributed by atoms with Crippen LogP contribution in [0.15, 0.2) is 48.0 Å². The number of nitriles is 1. The fourth-order valence-corrected chi connectivity index (χ4v) is 2.93. The summed E-state index contributed by atoms with van der Waals surface area (Å²) in [5, 5.41) is 12.5. The van der Waals surface area contributed by atoms with Crippen LogP contribution < -0.4 is 10.2 Å². The lowest BCUT2D eigenvalue weighted by Gasteiger charge is -2.20. The fourth-order valence-electron chi connectivity index (χ4n) is 2.66. The van der Waals surface area contributed by atoms with Gasteiger partial charge in [-0.3, -0.25) is 4.79 Å². The SMILES string of the molecule is CCN(CC)c1ccc(/C=C(\C#N)C(=O)Nc2c(C)cccc2Cl)cc1. The molecular formula is C21H22ClN3O. The molecule has 2 aromatic carbocycles. The van der Waals surface area contributed by atoms with Crippen molar-refractivity contribution in [3.63, 3.8) is 0 Å². The van der Waals surface area contributed by atoms with Crippen molar-refractivity contribution in [3.8, 4) is 6.07 Å². The van der Waals surface area contributed by atoms with Crippen molar-refractivity contribution in [2.75, 3.05) is 23.3 Å². The third-order valence-electron chi connectivity index (χ3n) is 4.16. The number of amides is 1. The van der Waals surface area contributed by atoms with Gasteiger partial charge in [-0.15, -0.1) is 0 Å². The zero-order chi connectivity index (χ0) is 19.1. The molecule has 134 valence electrons. The number of nitrogens with one attached hydrogen (secondary N) is 1. The Morgan fingerprint density at radius 1 is 1.19 bits per heavy atom. The molecule has 1 N–H and O–H groups in total. The van der Waals surface area contributed by atoms with Crippen molar-refractivity contribution in [2.45, 2.75) is 20.8 Å². The number of anilines is 2. The van der Waals surface area contributed by atoms with E-state index in [2.05, 4.69) is 24.1 Å². The second kappa shape index (κ2) is 9.07. The Balaban J connectivity index is 2.22. The zero-order valence-corrected chi connectivity index (χ0v) is 16.0. The number of benzene rings is 2. The highest BCUT2D eigenvalue weighted by atomic mass is 35.5. The van der Waals surface area contributed by atoms with E-state index in [1.165, 1.54) is 0 Å². The van der Waals surface area contributed by atoms with Gasteiger partial charge in [0.05, 0.1) is 10.7 Å².